The third-order valence-electron chi connectivity index (χ3n) is 4.70. The van der Waals surface area contributed by atoms with Crippen LogP contribution in [-0.2, 0) is 14.3 Å². The minimum absolute atomic E-state index is 0.727. The lowest BCUT2D eigenvalue weighted by molar-refractivity contribution is -0.385. The van der Waals surface area contributed by atoms with Crippen LogP contribution in [0.1, 0.15) is 6.92 Å². The maximum atomic E-state index is 11.5. The second-order valence-electron chi connectivity index (χ2n) is 6.50. The fourth-order valence-electron chi connectivity index (χ4n) is 3.29. The maximum Gasteiger partial charge on any atom is 0.219 e. The second kappa shape index (κ2) is 7.98. The summed E-state index contributed by atoms with van der Waals surface area (Å²) in [6.07, 6.45) is -13.8. The zero-order valence-corrected chi connectivity index (χ0v) is 13.9. The van der Waals surface area contributed by atoms with E-state index in [-0.39, 0.29) is 0 Å². The molecule has 0 aromatic rings. The zero-order chi connectivity index (χ0) is 19.8. The minimum Gasteiger partial charge on any atom is -0.394 e. The number of aliphatic hydroxyl groups is 8. The molecule has 2 saturated heterocycles. The Bertz CT molecular complexity index is 505. The molecule has 1 amide bonds. The molecular weight excluding hydrogens is 358 g/mol. The monoisotopic (exact) mass is 383 g/mol. The van der Waals surface area contributed by atoms with E-state index in [1.165, 1.54) is 0 Å². The van der Waals surface area contributed by atoms with Gasteiger partial charge in [-0.1, -0.05) is 0 Å². The van der Waals surface area contributed by atoms with Gasteiger partial charge in [0.05, 0.1) is 13.2 Å². The zero-order valence-electron chi connectivity index (χ0n) is 13.9. The Hall–Kier alpha value is -0.930. The first kappa shape index (κ1) is 21.4. The summed E-state index contributed by atoms with van der Waals surface area (Å²) < 4.78 is 10.5. The third-order valence-corrected chi connectivity index (χ3v) is 4.70. The minimum atomic E-state index is -2.72. The molecule has 2 heterocycles. The third kappa shape index (κ3) is 3.57. The fraction of sp³-hybridized carbons (Fsp3) is 0.929. The molecular formula is C14H25NO11. The second-order valence-corrected chi connectivity index (χ2v) is 6.50. The van der Waals surface area contributed by atoms with Crippen molar-refractivity contribution in [1.29, 1.82) is 0 Å². The van der Waals surface area contributed by atoms with E-state index in [4.69, 9.17) is 9.47 Å². The van der Waals surface area contributed by atoms with Gasteiger partial charge in [-0.2, -0.15) is 0 Å². The smallest absolute Gasteiger partial charge is 0.219 e. The summed E-state index contributed by atoms with van der Waals surface area (Å²) in [5.74, 6) is -3.44. The van der Waals surface area contributed by atoms with Crippen molar-refractivity contribution in [2.75, 3.05) is 13.2 Å². The molecule has 9 N–H and O–H groups in total. The van der Waals surface area contributed by atoms with E-state index in [1.54, 1.807) is 0 Å². The highest BCUT2D eigenvalue weighted by Gasteiger charge is 2.62. The molecule has 2 fully saturated rings. The summed E-state index contributed by atoms with van der Waals surface area (Å²) in [5.41, 5.74) is 0. The highest BCUT2D eigenvalue weighted by atomic mass is 16.7. The predicted octanol–water partition coefficient (Wildman–Crippen LogP) is -5.86. The van der Waals surface area contributed by atoms with Crippen LogP contribution in [0, 0.1) is 0 Å². The quantitative estimate of drug-likeness (QED) is 0.223. The number of hydrogen-bond donors (Lipinski definition) is 9. The molecule has 152 valence electrons. The number of ether oxygens (including phenoxy) is 2. The number of nitrogens with one attached hydrogen (secondary N) is 1. The van der Waals surface area contributed by atoms with Crippen LogP contribution < -0.4 is 5.32 Å². The van der Waals surface area contributed by atoms with Crippen molar-refractivity contribution < 1.29 is 55.1 Å². The molecule has 2 unspecified atom stereocenters. The van der Waals surface area contributed by atoms with E-state index in [2.05, 4.69) is 5.32 Å². The Kier molecular flexibility index (Phi) is 6.56. The number of rotatable bonds is 4. The van der Waals surface area contributed by atoms with Crippen molar-refractivity contribution in [2.45, 2.75) is 67.6 Å². The molecule has 0 radical (unpaired) electrons. The van der Waals surface area contributed by atoms with Crippen molar-refractivity contribution in [1.82, 2.24) is 5.32 Å². The number of hydrogen-bond acceptors (Lipinski definition) is 11. The molecule has 0 aromatic carbocycles. The van der Waals surface area contributed by atoms with E-state index in [0.717, 1.165) is 6.92 Å². The van der Waals surface area contributed by atoms with E-state index >= 15 is 0 Å². The standard InChI is InChI=1S/C14H25NO11/c1-4(18)15-12-10(22)8(20)6(3-17)26-14(12,24)13-11(23)9(21)7(19)5(2-16)25-13/h5-13,16-17,19-24H,2-3H2,1H3,(H,15,18)/t5-,6-,7-,8-,9+,10+,11-,12-,13?,14?/m1/s1. The predicted molar refractivity (Wildman–Crippen MR) is 80.3 cm³/mol. The van der Waals surface area contributed by atoms with Crippen LogP contribution in [0.4, 0.5) is 0 Å². The van der Waals surface area contributed by atoms with Crippen LogP contribution in [0.2, 0.25) is 0 Å². The normalized spacial score (nSPS) is 49.7. The summed E-state index contributed by atoms with van der Waals surface area (Å²) in [7, 11) is 0. The number of carbonyl (C=O) groups is 1. The Morgan fingerprint density at radius 3 is 1.96 bits per heavy atom. The molecule has 2 aliphatic heterocycles. The Labute approximate surface area is 148 Å². The molecule has 12 heteroatoms. The van der Waals surface area contributed by atoms with Crippen molar-refractivity contribution in [3.63, 3.8) is 0 Å². The van der Waals surface area contributed by atoms with Crippen LogP contribution in [-0.4, -0.2) is 121 Å². The highest BCUT2D eigenvalue weighted by Crippen LogP contribution is 2.37. The highest BCUT2D eigenvalue weighted by molar-refractivity contribution is 5.73. The Balaban J connectivity index is 2.43. The van der Waals surface area contributed by atoms with Crippen molar-refractivity contribution >= 4 is 5.91 Å². The van der Waals surface area contributed by atoms with Gasteiger partial charge in [-0.25, -0.2) is 0 Å². The van der Waals surface area contributed by atoms with E-state index in [1.807, 2.05) is 0 Å². The lowest BCUT2D eigenvalue weighted by Crippen LogP contribution is -2.78. The Morgan fingerprint density at radius 1 is 0.923 bits per heavy atom. The molecule has 12 nitrogen and oxygen atoms in total. The van der Waals surface area contributed by atoms with Gasteiger partial charge in [-0.05, 0) is 0 Å². The van der Waals surface area contributed by atoms with Gasteiger partial charge in [-0.15, -0.1) is 0 Å². The van der Waals surface area contributed by atoms with Gasteiger partial charge >= 0.3 is 0 Å². The first-order chi connectivity index (χ1) is 12.1. The molecule has 0 bridgehead atoms. The summed E-state index contributed by atoms with van der Waals surface area (Å²) in [4.78, 5) is 11.5. The molecule has 0 saturated carbocycles. The molecule has 0 aliphatic carbocycles. The van der Waals surface area contributed by atoms with Gasteiger partial charge < -0.3 is 55.6 Å². The van der Waals surface area contributed by atoms with E-state index < -0.39 is 79.8 Å². The van der Waals surface area contributed by atoms with Gasteiger partial charge in [0.2, 0.25) is 11.7 Å². The molecule has 10 atom stereocenters. The van der Waals surface area contributed by atoms with Crippen LogP contribution in [0.5, 0.6) is 0 Å². The van der Waals surface area contributed by atoms with Gasteiger partial charge in [0.15, 0.2) is 0 Å². The van der Waals surface area contributed by atoms with Crippen LogP contribution in [0.15, 0.2) is 0 Å². The lowest BCUT2D eigenvalue weighted by atomic mass is 9.81. The molecule has 2 aliphatic rings. The van der Waals surface area contributed by atoms with Crippen LogP contribution >= 0.6 is 0 Å². The Morgan fingerprint density at radius 2 is 1.46 bits per heavy atom. The fourth-order valence-corrected chi connectivity index (χ4v) is 3.29. The first-order valence-electron chi connectivity index (χ1n) is 8.03. The summed E-state index contributed by atoms with van der Waals surface area (Å²) >= 11 is 0. The summed E-state index contributed by atoms with van der Waals surface area (Å²) in [6.45, 7) is -0.549. The average Bonchev–Trinajstić information content (AvgIpc) is 2.60. The molecule has 2 rings (SSSR count). The van der Waals surface area contributed by atoms with Gasteiger partial charge in [-0.3, -0.25) is 4.79 Å². The SMILES string of the molecule is CC(=O)N[C@@H]1[C@@H](O)[C@H](O)[C@@H](CO)OC1(O)C1O[C@H](CO)[C@@H](O)[C@H](O)[C@H]1O. The van der Waals surface area contributed by atoms with Crippen molar-refractivity contribution in [2.24, 2.45) is 0 Å². The van der Waals surface area contributed by atoms with Gasteiger partial charge in [0.25, 0.3) is 0 Å². The van der Waals surface area contributed by atoms with Gasteiger partial charge in [0.1, 0.15) is 54.9 Å². The molecule has 0 spiro atoms. The topological polar surface area (TPSA) is 209 Å². The van der Waals surface area contributed by atoms with Crippen molar-refractivity contribution in [3.05, 3.63) is 0 Å². The number of aliphatic hydroxyl groups excluding tert-OH is 7. The van der Waals surface area contributed by atoms with Crippen LogP contribution in [0.3, 0.4) is 0 Å². The van der Waals surface area contributed by atoms with Crippen molar-refractivity contribution in [3.8, 4) is 0 Å². The van der Waals surface area contributed by atoms with E-state index in [0.29, 0.717) is 0 Å². The average molecular weight is 383 g/mol. The van der Waals surface area contributed by atoms with E-state index in [9.17, 15) is 45.6 Å². The maximum absolute atomic E-state index is 11.5. The number of amides is 1. The van der Waals surface area contributed by atoms with Crippen LogP contribution in [0.25, 0.3) is 0 Å². The molecule has 26 heavy (non-hydrogen) atoms. The lowest BCUT2D eigenvalue weighted by Gasteiger charge is -2.54. The number of carbonyl (C=O) groups excluding carboxylic acids is 1. The largest absolute Gasteiger partial charge is 0.394 e. The summed E-state index contributed by atoms with van der Waals surface area (Å²) in [6, 6.07) is -1.72. The summed E-state index contributed by atoms with van der Waals surface area (Å²) in [5, 5.41) is 82.0. The molecule has 0 aromatic heterocycles. The van der Waals surface area contributed by atoms with Gasteiger partial charge in [0, 0.05) is 6.92 Å². The first-order valence-corrected chi connectivity index (χ1v) is 8.03.